The number of rotatable bonds is 9. The summed E-state index contributed by atoms with van der Waals surface area (Å²) >= 11 is 0. The highest BCUT2D eigenvalue weighted by molar-refractivity contribution is 6.69. The largest absolute Gasteiger partial charge is 0.506 e. The van der Waals surface area contributed by atoms with Gasteiger partial charge in [0.1, 0.15) is 76.4 Å². The molecule has 8 rings (SSSR count). The van der Waals surface area contributed by atoms with Crippen LogP contribution in [0.3, 0.4) is 0 Å². The first kappa shape index (κ1) is 40.5. The van der Waals surface area contributed by atoms with E-state index < -0.39 is 0 Å². The van der Waals surface area contributed by atoms with Crippen molar-refractivity contribution < 1.29 is 5.11 Å². The number of hydrogen-bond donors (Lipinski definition) is 1. The van der Waals surface area contributed by atoms with Gasteiger partial charge in [-0.25, -0.2) is 0 Å². The van der Waals surface area contributed by atoms with Crippen molar-refractivity contribution in [2.75, 3.05) is 9.80 Å². The van der Waals surface area contributed by atoms with Crippen LogP contribution in [0.25, 0.3) is 33.4 Å². The highest BCUT2D eigenvalue weighted by Gasteiger charge is 2.24. The van der Waals surface area contributed by atoms with E-state index in [0.29, 0.717) is 5.75 Å². The number of phenolic OH excluding ortho intramolecular Hbond substituents is 1. The molecule has 0 radical (unpaired) electrons. The zero-order chi connectivity index (χ0) is 42.2. The molecule has 0 aliphatic rings. The topological polar surface area (TPSA) is 26.7 Å². The molecule has 3 nitrogen and oxygen atoms in total. The third kappa shape index (κ3) is 7.45. The summed E-state index contributed by atoms with van der Waals surface area (Å²) in [5.41, 5.74) is 24.1. The van der Waals surface area contributed by atoms with Gasteiger partial charge in [0.25, 0.3) is 0 Å². The predicted octanol–water partition coefficient (Wildman–Crippen LogP) is -2.34. The summed E-state index contributed by atoms with van der Waals surface area (Å²) in [5.74, 6) is 0.311. The number of phenols is 1. The Morgan fingerprint density at radius 2 is 0.483 bits per heavy atom. The first-order chi connectivity index (χ1) is 28.9. The molecule has 12 heteroatoms. The molecule has 0 fully saturated rings. The first-order valence-electron chi connectivity index (χ1n) is 20.9. The summed E-state index contributed by atoms with van der Waals surface area (Å²) in [5, 5.41) is 11.8. The van der Waals surface area contributed by atoms with Crippen molar-refractivity contribution in [2.45, 2.75) is 0 Å². The number of benzene rings is 8. The Labute approximate surface area is 364 Å². The Kier molecular flexibility index (Phi) is 11.3. The highest BCUT2D eigenvalue weighted by atomic mass is 16.3. The zero-order valence-corrected chi connectivity index (χ0v) is 36.4. The standard InChI is InChI=1S/C48H45B9N2O/c49-37-38(50)42(54)46(43(55)39(37)51)58(33-19-11-29(12-20-33)27-7-3-1-4-8-27)34-21-15-31(16-22-34)32-17-25-36(26-18-32)59(47-44(56)40(52)41(53)45(57)48(47)60)35-23-13-30(14-24-35)28-9-5-2-6-10-28/h1-26,60H,49-57H2. The fraction of sp³-hybridized carbons (Fsp3) is 0. The lowest BCUT2D eigenvalue weighted by molar-refractivity contribution is 0.481. The Bertz CT molecular complexity index is 2580. The molecule has 8 aromatic rings. The Balaban J connectivity index is 1.18. The molecule has 0 spiro atoms. The van der Waals surface area contributed by atoms with Gasteiger partial charge in [0.05, 0.1) is 5.69 Å². The van der Waals surface area contributed by atoms with Gasteiger partial charge in [-0.1, -0.05) is 153 Å². The van der Waals surface area contributed by atoms with E-state index in [2.05, 4.69) is 224 Å². The molecule has 0 unspecified atom stereocenters. The summed E-state index contributed by atoms with van der Waals surface area (Å²) in [6, 6.07) is 56.3. The van der Waals surface area contributed by atoms with Crippen LogP contribution in [0.15, 0.2) is 158 Å². The number of anilines is 6. The van der Waals surface area contributed by atoms with Gasteiger partial charge >= 0.3 is 0 Å². The molecule has 0 heterocycles. The fourth-order valence-corrected chi connectivity index (χ4v) is 8.65. The molecule has 8 aromatic carbocycles. The minimum absolute atomic E-state index is 0.311. The number of hydrogen-bond acceptors (Lipinski definition) is 3. The molecule has 0 aromatic heterocycles. The van der Waals surface area contributed by atoms with E-state index >= 15 is 0 Å². The van der Waals surface area contributed by atoms with Gasteiger partial charge in [0.2, 0.25) is 0 Å². The minimum atomic E-state index is 0.311. The molecule has 0 saturated heterocycles. The molecule has 0 saturated carbocycles. The third-order valence-corrected chi connectivity index (χ3v) is 13.1. The van der Waals surface area contributed by atoms with Crippen molar-refractivity contribution in [1.29, 1.82) is 0 Å². The third-order valence-electron chi connectivity index (χ3n) is 13.1. The molecule has 280 valence electrons. The maximum atomic E-state index is 11.8. The van der Waals surface area contributed by atoms with Crippen LogP contribution in [0.5, 0.6) is 5.75 Å². The Morgan fingerprint density at radius 1 is 0.250 bits per heavy atom. The van der Waals surface area contributed by atoms with E-state index in [1.807, 2.05) is 13.9 Å². The molecule has 0 bridgehead atoms. The molecule has 1 N–H and O–H groups in total. The molecule has 0 atom stereocenters. The maximum Gasteiger partial charge on any atom is 0.143 e. The molecule has 0 amide bonds. The van der Waals surface area contributed by atoms with E-state index in [-0.39, 0.29) is 0 Å². The molecule has 0 aliphatic heterocycles. The van der Waals surface area contributed by atoms with Gasteiger partial charge in [0.15, 0.2) is 0 Å². The lowest BCUT2D eigenvalue weighted by Crippen LogP contribution is -2.56. The second kappa shape index (κ2) is 16.8. The monoisotopic (exact) mass is 764 g/mol. The van der Waals surface area contributed by atoms with Crippen molar-refractivity contribution in [3.8, 4) is 39.1 Å². The van der Waals surface area contributed by atoms with Crippen LogP contribution >= 0.6 is 0 Å². The minimum Gasteiger partial charge on any atom is -0.506 e. The van der Waals surface area contributed by atoms with Crippen LogP contribution in [0.2, 0.25) is 0 Å². The first-order valence-corrected chi connectivity index (χ1v) is 20.9. The van der Waals surface area contributed by atoms with Gasteiger partial charge < -0.3 is 14.9 Å². The van der Waals surface area contributed by atoms with Crippen molar-refractivity contribution in [3.63, 3.8) is 0 Å². The number of aromatic hydroxyl groups is 1. The van der Waals surface area contributed by atoms with Crippen molar-refractivity contribution in [2.24, 2.45) is 0 Å². The van der Waals surface area contributed by atoms with Crippen molar-refractivity contribution in [1.82, 2.24) is 0 Å². The van der Waals surface area contributed by atoms with Gasteiger partial charge in [-0.05, 0) is 81.9 Å². The summed E-state index contributed by atoms with van der Waals surface area (Å²) in [4.78, 5) is 4.62. The molecule has 0 aliphatic carbocycles. The zero-order valence-electron chi connectivity index (χ0n) is 36.4. The maximum absolute atomic E-state index is 11.8. The molecular formula is C48H45B9N2O. The van der Waals surface area contributed by atoms with E-state index in [9.17, 15) is 5.11 Å². The SMILES string of the molecule is Bc1c(B)c(B)c(N(c2ccc(-c3ccccc3)cc2)c2ccc(-c3ccc(N(c4ccc(-c5ccccc5)cc4)c4c(B)c(B)c(B)c(B)c4O)cc3)cc2)c(B)c1B. The van der Waals surface area contributed by atoms with Crippen LogP contribution in [-0.4, -0.2) is 75.7 Å². The quantitative estimate of drug-likeness (QED) is 0.167. The van der Waals surface area contributed by atoms with Crippen LogP contribution in [0.4, 0.5) is 34.1 Å². The van der Waals surface area contributed by atoms with Crippen LogP contribution < -0.4 is 59.0 Å². The van der Waals surface area contributed by atoms with Gasteiger partial charge in [-0.3, -0.25) is 0 Å². The van der Waals surface area contributed by atoms with E-state index in [1.165, 1.54) is 55.2 Å². The van der Waals surface area contributed by atoms with E-state index in [4.69, 9.17) is 0 Å². The van der Waals surface area contributed by atoms with Gasteiger partial charge in [0, 0.05) is 28.4 Å². The predicted molar refractivity (Wildman–Crippen MR) is 287 cm³/mol. The summed E-state index contributed by atoms with van der Waals surface area (Å²) < 4.78 is 0. The smallest absolute Gasteiger partial charge is 0.143 e. The summed E-state index contributed by atoms with van der Waals surface area (Å²) in [6.45, 7) is 0. The number of nitrogens with zero attached hydrogens (tertiary/aromatic N) is 2. The van der Waals surface area contributed by atoms with Crippen LogP contribution in [0, 0.1) is 0 Å². The second-order valence-electron chi connectivity index (χ2n) is 16.3. The Hall–Kier alpha value is -6.26. The fourth-order valence-electron chi connectivity index (χ4n) is 8.65. The lowest BCUT2D eigenvalue weighted by Gasteiger charge is -2.32. The summed E-state index contributed by atoms with van der Waals surface area (Å²) in [6.07, 6.45) is 0. The highest BCUT2D eigenvalue weighted by Crippen LogP contribution is 2.40. The van der Waals surface area contributed by atoms with E-state index in [0.717, 1.165) is 61.5 Å². The van der Waals surface area contributed by atoms with E-state index in [1.54, 1.807) is 0 Å². The van der Waals surface area contributed by atoms with Crippen molar-refractivity contribution >= 4 is 154 Å². The second-order valence-corrected chi connectivity index (χ2v) is 16.3. The van der Waals surface area contributed by atoms with Crippen LogP contribution in [-0.2, 0) is 0 Å². The molecular weight excluding hydrogens is 718 g/mol. The normalized spacial score (nSPS) is 11.0. The van der Waals surface area contributed by atoms with Gasteiger partial charge in [-0.2, -0.15) is 0 Å². The summed E-state index contributed by atoms with van der Waals surface area (Å²) in [7, 11) is 19.6. The van der Waals surface area contributed by atoms with Crippen molar-refractivity contribution in [3.05, 3.63) is 158 Å². The molecule has 60 heavy (non-hydrogen) atoms. The average Bonchev–Trinajstić information content (AvgIpc) is 3.30. The Morgan fingerprint density at radius 3 is 0.800 bits per heavy atom. The van der Waals surface area contributed by atoms with Gasteiger partial charge in [-0.15, -0.1) is 5.46 Å². The lowest BCUT2D eigenvalue weighted by atomic mass is 9.61. The average molecular weight is 763 g/mol. The van der Waals surface area contributed by atoms with Crippen LogP contribution in [0.1, 0.15) is 0 Å².